The fourth-order valence-electron chi connectivity index (χ4n) is 3.02. The Morgan fingerprint density at radius 2 is 2.15 bits per heavy atom. The highest BCUT2D eigenvalue weighted by molar-refractivity contribution is 5.85. The summed E-state index contributed by atoms with van der Waals surface area (Å²) in [5.41, 5.74) is 0.455. The first-order valence-electron chi connectivity index (χ1n) is 8.84. The van der Waals surface area contributed by atoms with Crippen molar-refractivity contribution in [3.8, 4) is 17.1 Å². The predicted molar refractivity (Wildman–Crippen MR) is 96.7 cm³/mol. The number of hydrogen-bond acceptors (Lipinski definition) is 6. The Hall–Kier alpha value is -3.16. The Morgan fingerprint density at radius 1 is 1.37 bits per heavy atom. The fourth-order valence-corrected chi connectivity index (χ4v) is 3.02. The Morgan fingerprint density at radius 3 is 2.78 bits per heavy atom. The number of nitrogens with zero attached hydrogens (tertiary/aromatic N) is 4. The molecule has 0 saturated heterocycles. The van der Waals surface area contributed by atoms with Crippen molar-refractivity contribution in [1.29, 1.82) is 0 Å². The molecule has 0 radical (unpaired) electrons. The average Bonchev–Trinajstić information content (AvgIpc) is 3.09. The Bertz CT molecular complexity index is 913. The number of rotatable bonds is 7. The highest BCUT2D eigenvalue weighted by atomic mass is 16.5. The van der Waals surface area contributed by atoms with Gasteiger partial charge in [-0.15, -0.1) is 0 Å². The van der Waals surface area contributed by atoms with Crippen molar-refractivity contribution in [1.82, 2.24) is 25.0 Å². The fraction of sp³-hybridized carbons (Fsp3) is 0.368. The summed E-state index contributed by atoms with van der Waals surface area (Å²) in [6, 6.07) is 7.03. The third-order valence-corrected chi connectivity index (χ3v) is 4.89. The van der Waals surface area contributed by atoms with Gasteiger partial charge in [0.05, 0.1) is 18.9 Å². The molecule has 2 heterocycles. The number of hydrogen-bond donors (Lipinski definition) is 1. The Kier molecular flexibility index (Phi) is 4.39. The summed E-state index contributed by atoms with van der Waals surface area (Å²) in [5.74, 6) is 1.63. The summed E-state index contributed by atoms with van der Waals surface area (Å²) in [7, 11) is 1.62. The van der Waals surface area contributed by atoms with E-state index in [1.54, 1.807) is 19.6 Å². The molecule has 140 valence electrons. The van der Waals surface area contributed by atoms with E-state index in [-0.39, 0.29) is 17.4 Å². The minimum atomic E-state index is -0.367. The van der Waals surface area contributed by atoms with Gasteiger partial charge < -0.3 is 19.1 Å². The quantitative estimate of drug-likeness (QED) is 0.690. The standard InChI is InChI=1S/C19H21N5O3/c1-13(21-18(25)19(7-8-19)11-24-10-9-20-12-24)17-22-16(23-27-17)14-3-5-15(26-2)6-4-14/h3-6,9-10,12-13H,7-8,11H2,1-2H3,(H,21,25)/t13-/m0/s1. The average molecular weight is 367 g/mol. The number of amides is 1. The van der Waals surface area contributed by atoms with Crippen LogP contribution in [0.5, 0.6) is 5.75 Å². The van der Waals surface area contributed by atoms with Gasteiger partial charge >= 0.3 is 0 Å². The zero-order valence-electron chi connectivity index (χ0n) is 15.3. The largest absolute Gasteiger partial charge is 0.497 e. The number of nitrogens with one attached hydrogen (secondary N) is 1. The van der Waals surface area contributed by atoms with Crippen molar-refractivity contribution < 1.29 is 14.1 Å². The molecule has 1 aliphatic carbocycles. The lowest BCUT2D eigenvalue weighted by atomic mass is 10.1. The lowest BCUT2D eigenvalue weighted by Crippen LogP contribution is -2.36. The van der Waals surface area contributed by atoms with Crippen molar-refractivity contribution in [3.63, 3.8) is 0 Å². The first-order valence-corrected chi connectivity index (χ1v) is 8.84. The maximum atomic E-state index is 12.7. The van der Waals surface area contributed by atoms with E-state index < -0.39 is 0 Å². The van der Waals surface area contributed by atoms with Crippen LogP contribution >= 0.6 is 0 Å². The zero-order chi connectivity index (χ0) is 18.9. The van der Waals surface area contributed by atoms with E-state index in [0.29, 0.717) is 18.3 Å². The Balaban J connectivity index is 1.42. The van der Waals surface area contributed by atoms with Crippen LogP contribution in [-0.4, -0.2) is 32.7 Å². The maximum Gasteiger partial charge on any atom is 0.249 e. The SMILES string of the molecule is COc1ccc(-c2noc([C@H](C)NC(=O)C3(Cn4ccnc4)CC3)n2)cc1. The molecule has 1 amide bonds. The van der Waals surface area contributed by atoms with Gasteiger partial charge in [0.15, 0.2) is 0 Å². The van der Waals surface area contributed by atoms with Gasteiger partial charge in [-0.25, -0.2) is 4.98 Å². The number of ether oxygens (including phenoxy) is 1. The van der Waals surface area contributed by atoms with Gasteiger partial charge in [-0.05, 0) is 44.0 Å². The van der Waals surface area contributed by atoms with E-state index in [9.17, 15) is 4.79 Å². The molecule has 2 aromatic heterocycles. The molecular weight excluding hydrogens is 346 g/mol. The number of carbonyl (C=O) groups excluding carboxylic acids is 1. The second-order valence-electron chi connectivity index (χ2n) is 6.90. The second kappa shape index (κ2) is 6.86. The lowest BCUT2D eigenvalue weighted by Gasteiger charge is -2.18. The first kappa shape index (κ1) is 17.3. The van der Waals surface area contributed by atoms with E-state index in [1.807, 2.05) is 42.0 Å². The highest BCUT2D eigenvalue weighted by Crippen LogP contribution is 2.47. The molecule has 3 aromatic rings. The summed E-state index contributed by atoms with van der Waals surface area (Å²) in [6.07, 6.45) is 7.05. The summed E-state index contributed by atoms with van der Waals surface area (Å²) in [5, 5.41) is 7.02. The predicted octanol–water partition coefficient (Wildman–Crippen LogP) is 2.60. The van der Waals surface area contributed by atoms with Crippen molar-refractivity contribution >= 4 is 5.91 Å². The topological polar surface area (TPSA) is 95.1 Å². The number of carbonyl (C=O) groups is 1. The van der Waals surface area contributed by atoms with Crippen LogP contribution < -0.4 is 10.1 Å². The number of benzene rings is 1. The highest BCUT2D eigenvalue weighted by Gasteiger charge is 2.50. The van der Waals surface area contributed by atoms with E-state index in [1.165, 1.54) is 0 Å². The summed E-state index contributed by atoms with van der Waals surface area (Å²) >= 11 is 0. The molecular formula is C19H21N5O3. The summed E-state index contributed by atoms with van der Waals surface area (Å²) < 4.78 is 12.4. The molecule has 1 atom stereocenters. The minimum absolute atomic E-state index is 0.00731. The smallest absolute Gasteiger partial charge is 0.249 e. The molecule has 0 bridgehead atoms. The zero-order valence-corrected chi connectivity index (χ0v) is 15.3. The van der Waals surface area contributed by atoms with Crippen LogP contribution in [0.1, 0.15) is 31.7 Å². The van der Waals surface area contributed by atoms with E-state index >= 15 is 0 Å². The van der Waals surface area contributed by atoms with E-state index in [2.05, 4.69) is 20.4 Å². The molecule has 8 heteroatoms. The van der Waals surface area contributed by atoms with Crippen molar-refractivity contribution in [3.05, 3.63) is 48.9 Å². The molecule has 1 fully saturated rings. The number of methoxy groups -OCH3 is 1. The maximum absolute atomic E-state index is 12.7. The van der Waals surface area contributed by atoms with E-state index in [4.69, 9.17) is 9.26 Å². The monoisotopic (exact) mass is 367 g/mol. The van der Waals surface area contributed by atoms with Crippen molar-refractivity contribution in [2.24, 2.45) is 5.41 Å². The van der Waals surface area contributed by atoms with Gasteiger partial charge in [0, 0.05) is 24.5 Å². The summed E-state index contributed by atoms with van der Waals surface area (Å²) in [4.78, 5) is 21.2. The van der Waals surface area contributed by atoms with Crippen LogP contribution in [-0.2, 0) is 11.3 Å². The van der Waals surface area contributed by atoms with Crippen molar-refractivity contribution in [2.45, 2.75) is 32.4 Å². The van der Waals surface area contributed by atoms with Gasteiger partial charge in [-0.3, -0.25) is 4.79 Å². The van der Waals surface area contributed by atoms with Gasteiger partial charge in [0.1, 0.15) is 11.8 Å². The molecule has 0 spiro atoms. The van der Waals surface area contributed by atoms with Crippen LogP contribution in [0.4, 0.5) is 0 Å². The van der Waals surface area contributed by atoms with Gasteiger partial charge in [-0.1, -0.05) is 5.16 Å². The number of aromatic nitrogens is 4. The normalized spacial score (nSPS) is 15.9. The molecule has 1 N–H and O–H groups in total. The first-order chi connectivity index (χ1) is 13.1. The molecule has 0 aliphatic heterocycles. The van der Waals surface area contributed by atoms with Gasteiger partial charge in [0.25, 0.3) is 0 Å². The molecule has 8 nitrogen and oxygen atoms in total. The lowest BCUT2D eigenvalue weighted by molar-refractivity contribution is -0.127. The molecule has 4 rings (SSSR count). The third kappa shape index (κ3) is 3.55. The number of imidazole rings is 1. The molecule has 1 saturated carbocycles. The Labute approximate surface area is 156 Å². The van der Waals surface area contributed by atoms with Crippen LogP contribution in [0.3, 0.4) is 0 Å². The molecule has 27 heavy (non-hydrogen) atoms. The third-order valence-electron chi connectivity index (χ3n) is 4.89. The van der Waals surface area contributed by atoms with Crippen molar-refractivity contribution in [2.75, 3.05) is 7.11 Å². The van der Waals surface area contributed by atoms with Gasteiger partial charge in [-0.2, -0.15) is 4.98 Å². The van der Waals surface area contributed by atoms with Crippen LogP contribution in [0, 0.1) is 5.41 Å². The molecule has 1 aromatic carbocycles. The minimum Gasteiger partial charge on any atom is -0.497 e. The van der Waals surface area contributed by atoms with Crippen LogP contribution in [0.25, 0.3) is 11.4 Å². The summed E-state index contributed by atoms with van der Waals surface area (Å²) in [6.45, 7) is 2.48. The molecule has 1 aliphatic rings. The van der Waals surface area contributed by atoms with E-state index in [0.717, 1.165) is 24.2 Å². The van der Waals surface area contributed by atoms with Crippen LogP contribution in [0.15, 0.2) is 47.5 Å². The van der Waals surface area contributed by atoms with Crippen LogP contribution in [0.2, 0.25) is 0 Å². The van der Waals surface area contributed by atoms with Gasteiger partial charge in [0.2, 0.25) is 17.6 Å². The second-order valence-corrected chi connectivity index (χ2v) is 6.90. The molecule has 0 unspecified atom stereocenters.